The van der Waals surface area contributed by atoms with Crippen LogP contribution in [0.25, 0.3) is 11.3 Å². The van der Waals surface area contributed by atoms with Crippen LogP contribution in [0, 0.1) is 18.3 Å². The van der Waals surface area contributed by atoms with E-state index in [1.807, 2.05) is 49.5 Å². The highest BCUT2D eigenvalue weighted by molar-refractivity contribution is 6.34. The summed E-state index contributed by atoms with van der Waals surface area (Å²) in [7, 11) is 0. The van der Waals surface area contributed by atoms with Crippen molar-refractivity contribution in [2.24, 2.45) is 0 Å². The van der Waals surface area contributed by atoms with Crippen molar-refractivity contribution in [2.75, 3.05) is 18.0 Å². The molecular formula is C24H22ClN3O. The number of nitriles is 1. The zero-order chi connectivity index (χ0) is 20.4. The van der Waals surface area contributed by atoms with Crippen molar-refractivity contribution in [3.8, 4) is 17.3 Å². The maximum Gasteiger partial charge on any atom is 0.205 e. The molecule has 3 aromatic rings. The normalized spacial score (nSPS) is 13.5. The van der Waals surface area contributed by atoms with Gasteiger partial charge in [0.1, 0.15) is 5.69 Å². The molecule has 1 aliphatic rings. The molecule has 0 amide bonds. The Labute approximate surface area is 175 Å². The van der Waals surface area contributed by atoms with Crippen LogP contribution < -0.4 is 10.3 Å². The van der Waals surface area contributed by atoms with Crippen LogP contribution in [-0.4, -0.2) is 17.7 Å². The predicted octanol–water partition coefficient (Wildman–Crippen LogP) is 5.00. The fraction of sp³-hybridized carbons (Fsp3) is 0.250. The van der Waals surface area contributed by atoms with Gasteiger partial charge in [0, 0.05) is 37.5 Å². The van der Waals surface area contributed by atoms with Crippen LogP contribution in [0.4, 0.5) is 5.69 Å². The molecule has 0 bridgehead atoms. The lowest BCUT2D eigenvalue weighted by atomic mass is 10.1. The van der Waals surface area contributed by atoms with E-state index in [0.717, 1.165) is 54.0 Å². The molecule has 2 heterocycles. The first kappa shape index (κ1) is 19.3. The van der Waals surface area contributed by atoms with E-state index < -0.39 is 0 Å². The third-order valence-corrected chi connectivity index (χ3v) is 5.93. The van der Waals surface area contributed by atoms with Gasteiger partial charge in [0.25, 0.3) is 0 Å². The monoisotopic (exact) mass is 403 g/mol. The lowest BCUT2D eigenvalue weighted by Gasteiger charge is -2.22. The minimum Gasteiger partial charge on any atom is -0.367 e. The van der Waals surface area contributed by atoms with Gasteiger partial charge < -0.3 is 9.47 Å². The van der Waals surface area contributed by atoms with Crippen LogP contribution in [0.15, 0.2) is 59.5 Å². The number of hydrogen-bond acceptors (Lipinski definition) is 3. The SMILES string of the molecule is Cc1cccc(-c2cc(=O)c(N3CCCC3)cn2Cc2cccc(C#N)c2)c1Cl. The highest BCUT2D eigenvalue weighted by atomic mass is 35.5. The molecule has 0 unspecified atom stereocenters. The summed E-state index contributed by atoms with van der Waals surface area (Å²) in [6.07, 6.45) is 4.16. The number of pyridine rings is 1. The van der Waals surface area contributed by atoms with Crippen LogP contribution in [0.1, 0.15) is 29.5 Å². The van der Waals surface area contributed by atoms with Crippen LogP contribution in [0.3, 0.4) is 0 Å². The van der Waals surface area contributed by atoms with Gasteiger partial charge >= 0.3 is 0 Å². The van der Waals surface area contributed by atoms with Crippen LogP contribution >= 0.6 is 11.6 Å². The van der Waals surface area contributed by atoms with E-state index in [2.05, 4.69) is 15.5 Å². The summed E-state index contributed by atoms with van der Waals surface area (Å²) >= 11 is 6.60. The summed E-state index contributed by atoms with van der Waals surface area (Å²) in [5.41, 5.74) is 4.97. The summed E-state index contributed by atoms with van der Waals surface area (Å²) in [4.78, 5) is 15.1. The van der Waals surface area contributed by atoms with Crippen LogP contribution in [0.2, 0.25) is 5.02 Å². The van der Waals surface area contributed by atoms with Crippen molar-refractivity contribution in [2.45, 2.75) is 26.3 Å². The quantitative estimate of drug-likeness (QED) is 0.616. The Bertz CT molecular complexity index is 1150. The largest absolute Gasteiger partial charge is 0.367 e. The van der Waals surface area contributed by atoms with Crippen molar-refractivity contribution < 1.29 is 0 Å². The van der Waals surface area contributed by atoms with Crippen LogP contribution in [0.5, 0.6) is 0 Å². The minimum atomic E-state index is 0.0153. The maximum atomic E-state index is 13.0. The highest BCUT2D eigenvalue weighted by Gasteiger charge is 2.19. The Morgan fingerprint density at radius 1 is 1.10 bits per heavy atom. The summed E-state index contributed by atoms with van der Waals surface area (Å²) < 4.78 is 2.08. The van der Waals surface area contributed by atoms with Gasteiger partial charge in [-0.2, -0.15) is 5.26 Å². The molecule has 0 spiro atoms. The molecule has 1 aliphatic heterocycles. The topological polar surface area (TPSA) is 49.0 Å². The zero-order valence-electron chi connectivity index (χ0n) is 16.4. The van der Waals surface area contributed by atoms with Crippen molar-refractivity contribution in [3.05, 3.63) is 86.7 Å². The summed E-state index contributed by atoms with van der Waals surface area (Å²) in [5.74, 6) is 0. The van der Waals surface area contributed by atoms with Gasteiger partial charge in [0.05, 0.1) is 22.3 Å². The first-order chi connectivity index (χ1) is 14.1. The lowest BCUT2D eigenvalue weighted by Crippen LogP contribution is -2.26. The van der Waals surface area contributed by atoms with Gasteiger partial charge in [-0.25, -0.2) is 0 Å². The summed E-state index contributed by atoms with van der Waals surface area (Å²) in [5, 5.41) is 9.88. The Hall–Kier alpha value is -3.03. The third-order valence-electron chi connectivity index (χ3n) is 5.43. The molecular weight excluding hydrogens is 382 g/mol. The number of rotatable bonds is 4. The van der Waals surface area contributed by atoms with E-state index >= 15 is 0 Å². The second-order valence-corrected chi connectivity index (χ2v) is 7.86. The molecule has 0 N–H and O–H groups in total. The van der Waals surface area contributed by atoms with Gasteiger partial charge in [-0.1, -0.05) is 41.9 Å². The second kappa shape index (κ2) is 8.14. The molecule has 0 aliphatic carbocycles. The van der Waals surface area contributed by atoms with Gasteiger partial charge in [-0.3, -0.25) is 4.79 Å². The second-order valence-electron chi connectivity index (χ2n) is 7.48. The zero-order valence-corrected chi connectivity index (χ0v) is 17.1. The lowest BCUT2D eigenvalue weighted by molar-refractivity contribution is 0.789. The van der Waals surface area contributed by atoms with Crippen molar-refractivity contribution in [1.82, 2.24) is 4.57 Å². The van der Waals surface area contributed by atoms with Crippen molar-refractivity contribution >= 4 is 17.3 Å². The fourth-order valence-electron chi connectivity index (χ4n) is 3.90. The molecule has 0 saturated carbocycles. The van der Waals surface area contributed by atoms with E-state index in [4.69, 9.17) is 11.6 Å². The van der Waals surface area contributed by atoms with Gasteiger partial charge in [-0.15, -0.1) is 0 Å². The van der Waals surface area contributed by atoms with E-state index in [-0.39, 0.29) is 5.43 Å². The number of aromatic nitrogens is 1. The highest BCUT2D eigenvalue weighted by Crippen LogP contribution is 2.31. The van der Waals surface area contributed by atoms with Gasteiger partial charge in [-0.05, 0) is 43.0 Å². The number of aryl methyl sites for hydroxylation is 1. The molecule has 146 valence electrons. The smallest absolute Gasteiger partial charge is 0.205 e. The first-order valence-corrected chi connectivity index (χ1v) is 10.2. The Kier molecular flexibility index (Phi) is 5.42. The Balaban J connectivity index is 1.87. The average molecular weight is 404 g/mol. The molecule has 2 aromatic carbocycles. The molecule has 0 radical (unpaired) electrons. The summed E-state index contributed by atoms with van der Waals surface area (Å²) in [6.45, 7) is 4.33. The Morgan fingerprint density at radius 2 is 1.86 bits per heavy atom. The fourth-order valence-corrected chi connectivity index (χ4v) is 4.12. The molecule has 1 saturated heterocycles. The predicted molar refractivity (Wildman–Crippen MR) is 118 cm³/mol. The molecule has 4 nitrogen and oxygen atoms in total. The standard InChI is InChI=1S/C24H22ClN3O/c1-17-6-4-9-20(24(17)25)21-13-23(29)22(27-10-2-3-11-27)16-28(21)15-19-8-5-7-18(12-19)14-26/h4-9,12-13,16H,2-3,10-11,15H2,1H3. The average Bonchev–Trinajstić information content (AvgIpc) is 3.26. The van der Waals surface area contributed by atoms with E-state index in [1.165, 1.54) is 0 Å². The van der Waals surface area contributed by atoms with Crippen molar-refractivity contribution in [1.29, 1.82) is 5.26 Å². The van der Waals surface area contributed by atoms with Gasteiger partial charge in [0.2, 0.25) is 5.43 Å². The third kappa shape index (κ3) is 3.92. The number of nitrogens with zero attached hydrogens (tertiary/aromatic N) is 3. The molecule has 1 fully saturated rings. The maximum absolute atomic E-state index is 13.0. The van der Waals surface area contributed by atoms with E-state index in [0.29, 0.717) is 17.1 Å². The number of anilines is 1. The molecule has 29 heavy (non-hydrogen) atoms. The molecule has 0 atom stereocenters. The summed E-state index contributed by atoms with van der Waals surface area (Å²) in [6, 6.07) is 17.3. The number of benzene rings is 2. The van der Waals surface area contributed by atoms with Crippen molar-refractivity contribution in [3.63, 3.8) is 0 Å². The molecule has 4 rings (SSSR count). The minimum absolute atomic E-state index is 0.0153. The first-order valence-electron chi connectivity index (χ1n) is 9.81. The van der Waals surface area contributed by atoms with Gasteiger partial charge in [0.15, 0.2) is 0 Å². The number of hydrogen-bond donors (Lipinski definition) is 0. The Morgan fingerprint density at radius 3 is 2.62 bits per heavy atom. The molecule has 5 heteroatoms. The van der Waals surface area contributed by atoms with E-state index in [1.54, 1.807) is 12.1 Å². The van der Waals surface area contributed by atoms with Crippen LogP contribution in [-0.2, 0) is 6.54 Å². The number of halogens is 1. The van der Waals surface area contributed by atoms with E-state index in [9.17, 15) is 10.1 Å². The molecule has 1 aromatic heterocycles.